The lowest BCUT2D eigenvalue weighted by atomic mass is 10.3. The largest absolute Gasteiger partial charge is 0.446 e. The zero-order chi connectivity index (χ0) is 21.0. The van der Waals surface area contributed by atoms with Gasteiger partial charge >= 0.3 is 5.76 Å². The average Bonchev–Trinajstić information content (AvgIpc) is 3.27. The molecule has 2 heterocycles. The fraction of sp³-hybridized carbons (Fsp3) is 0.333. The molecule has 0 radical (unpaired) electrons. The molecule has 0 fully saturated rings. The summed E-state index contributed by atoms with van der Waals surface area (Å²) in [4.78, 5) is 12.1. The van der Waals surface area contributed by atoms with Crippen LogP contribution in [0.5, 0.6) is 0 Å². The van der Waals surface area contributed by atoms with Crippen LogP contribution < -0.4 is 15.8 Å². The minimum atomic E-state index is -3.34. The van der Waals surface area contributed by atoms with Gasteiger partial charge in [0.1, 0.15) is 5.82 Å². The van der Waals surface area contributed by atoms with Crippen molar-refractivity contribution < 1.29 is 22.0 Å². The maximum atomic E-state index is 13.5. The van der Waals surface area contributed by atoms with Crippen molar-refractivity contribution in [1.29, 1.82) is 0 Å². The third-order valence-corrected chi connectivity index (χ3v) is 5.88. The van der Waals surface area contributed by atoms with Crippen LogP contribution in [0.1, 0.15) is 13.3 Å². The smallest absolute Gasteiger partial charge is 0.365 e. The molecule has 3 rings (SSSR count). The summed E-state index contributed by atoms with van der Waals surface area (Å²) in [7, 11) is -3.34. The van der Waals surface area contributed by atoms with Gasteiger partial charge in [-0.2, -0.15) is 0 Å². The maximum Gasteiger partial charge on any atom is 0.446 e. The molecule has 29 heavy (non-hydrogen) atoms. The van der Waals surface area contributed by atoms with Crippen LogP contribution in [-0.2, 0) is 10.0 Å². The van der Waals surface area contributed by atoms with Gasteiger partial charge in [-0.1, -0.05) is 12.1 Å². The molecule has 0 saturated heterocycles. The van der Waals surface area contributed by atoms with Crippen LogP contribution in [0.2, 0.25) is 0 Å². The summed E-state index contributed by atoms with van der Waals surface area (Å²) < 4.78 is 49.9. The van der Waals surface area contributed by atoms with Crippen LogP contribution in [0, 0.1) is 5.82 Å². The first kappa shape index (κ1) is 21.1. The second kappa shape index (κ2) is 8.84. The lowest BCUT2D eigenvalue weighted by Crippen LogP contribution is -2.27. The lowest BCUT2D eigenvalue weighted by Gasteiger charge is -2.06. The van der Waals surface area contributed by atoms with Crippen molar-refractivity contribution in [3.05, 3.63) is 39.0 Å². The van der Waals surface area contributed by atoms with Crippen molar-refractivity contribution >= 4 is 31.8 Å². The van der Waals surface area contributed by atoms with E-state index in [1.165, 1.54) is 18.2 Å². The van der Waals surface area contributed by atoms with E-state index in [1.807, 2.05) is 0 Å². The average molecular weight is 491 g/mol. The molecule has 156 valence electrons. The predicted molar refractivity (Wildman–Crippen MR) is 104 cm³/mol. The van der Waals surface area contributed by atoms with E-state index < -0.39 is 21.6 Å². The highest BCUT2D eigenvalue weighted by Gasteiger charge is 2.23. The number of nitrogens with zero attached hydrogens (tertiary/aromatic N) is 4. The van der Waals surface area contributed by atoms with Gasteiger partial charge in [-0.15, -0.1) is 0 Å². The molecule has 0 aliphatic rings. The summed E-state index contributed by atoms with van der Waals surface area (Å²) >= 11 is 3.06. The van der Waals surface area contributed by atoms with E-state index in [2.05, 4.69) is 41.4 Å². The maximum absolute atomic E-state index is 13.5. The number of hydrogen-bond donors (Lipinski definition) is 2. The van der Waals surface area contributed by atoms with Gasteiger partial charge in [0.15, 0.2) is 5.69 Å². The van der Waals surface area contributed by atoms with E-state index in [-0.39, 0.29) is 46.2 Å². The third-order valence-electron chi connectivity index (χ3n) is 3.71. The molecule has 11 nitrogen and oxygen atoms in total. The van der Waals surface area contributed by atoms with Crippen molar-refractivity contribution in [1.82, 2.24) is 24.8 Å². The summed E-state index contributed by atoms with van der Waals surface area (Å²) in [6.45, 7) is 2.26. The molecule has 0 bridgehead atoms. The van der Waals surface area contributed by atoms with E-state index in [0.717, 1.165) is 4.57 Å². The van der Waals surface area contributed by atoms with Crippen LogP contribution >= 0.6 is 15.9 Å². The summed E-state index contributed by atoms with van der Waals surface area (Å²) in [5.74, 6) is -1.26. The highest BCUT2D eigenvalue weighted by molar-refractivity contribution is 9.10. The molecule has 0 atom stereocenters. The van der Waals surface area contributed by atoms with Crippen LogP contribution in [-0.4, -0.2) is 47.3 Å². The van der Waals surface area contributed by atoms with Crippen LogP contribution in [0.4, 0.5) is 10.2 Å². The Hall–Kier alpha value is -2.58. The van der Waals surface area contributed by atoms with Crippen LogP contribution in [0.3, 0.4) is 0 Å². The monoisotopic (exact) mass is 490 g/mol. The Kier molecular flexibility index (Phi) is 6.44. The van der Waals surface area contributed by atoms with Crippen molar-refractivity contribution in [2.24, 2.45) is 0 Å². The second-order valence-electron chi connectivity index (χ2n) is 5.76. The van der Waals surface area contributed by atoms with Crippen molar-refractivity contribution in [3.63, 3.8) is 0 Å². The molecular formula is C15H16BrFN6O5S. The minimum absolute atomic E-state index is 0.0162. The van der Waals surface area contributed by atoms with Crippen LogP contribution in [0.15, 0.2) is 36.6 Å². The minimum Gasteiger partial charge on any atom is -0.365 e. The molecule has 0 saturated carbocycles. The predicted octanol–water partition coefficient (Wildman–Crippen LogP) is 1.52. The number of hydrogen-bond acceptors (Lipinski definition) is 9. The summed E-state index contributed by atoms with van der Waals surface area (Å²) in [5, 5.41) is 14.0. The Morgan fingerprint density at radius 1 is 1.28 bits per heavy atom. The van der Waals surface area contributed by atoms with Crippen molar-refractivity contribution in [2.45, 2.75) is 13.3 Å². The number of aromatic nitrogens is 4. The second-order valence-corrected chi connectivity index (χ2v) is 8.55. The summed E-state index contributed by atoms with van der Waals surface area (Å²) in [6.07, 6.45) is 0.290. The molecule has 0 spiro atoms. The Balaban J connectivity index is 1.81. The number of halogens is 2. The number of nitrogens with one attached hydrogen (secondary N) is 2. The van der Waals surface area contributed by atoms with Crippen molar-refractivity contribution in [3.8, 4) is 17.2 Å². The quantitative estimate of drug-likeness (QED) is 0.426. The fourth-order valence-corrected chi connectivity index (χ4v) is 3.94. The first-order chi connectivity index (χ1) is 13.8. The van der Waals surface area contributed by atoms with E-state index in [0.29, 0.717) is 6.54 Å². The van der Waals surface area contributed by atoms with Gasteiger partial charge in [0.05, 0.1) is 15.9 Å². The number of anilines is 1. The topological polar surface area (TPSA) is 145 Å². The third kappa shape index (κ3) is 4.89. The first-order valence-corrected chi connectivity index (χ1v) is 10.8. The molecule has 0 aliphatic heterocycles. The first-order valence-electron chi connectivity index (χ1n) is 8.40. The zero-order valence-electron chi connectivity index (χ0n) is 15.1. The molecule has 3 aromatic rings. The Morgan fingerprint density at radius 2 is 2.07 bits per heavy atom. The summed E-state index contributed by atoms with van der Waals surface area (Å²) in [5.41, 5.74) is 0.357. The molecule has 0 aliphatic carbocycles. The number of rotatable bonds is 9. The summed E-state index contributed by atoms with van der Waals surface area (Å²) in [6, 6.07) is 3.92. The molecular weight excluding hydrogens is 475 g/mol. The highest BCUT2D eigenvalue weighted by Crippen LogP contribution is 2.26. The van der Waals surface area contributed by atoms with E-state index in [1.54, 1.807) is 6.92 Å². The zero-order valence-corrected chi connectivity index (χ0v) is 17.5. The molecule has 2 aromatic heterocycles. The Morgan fingerprint density at radius 3 is 2.79 bits per heavy atom. The van der Waals surface area contributed by atoms with Gasteiger partial charge in [-0.25, -0.2) is 31.5 Å². The normalized spacial score (nSPS) is 11.7. The number of benzene rings is 1. The fourth-order valence-electron chi connectivity index (χ4n) is 2.46. The SMILES string of the molecule is CCNS(=O)(=O)CCCNc1nonc1-c1noc(=O)n1-c1ccc(F)c(Br)c1. The van der Waals surface area contributed by atoms with Gasteiger partial charge in [0.2, 0.25) is 21.7 Å². The van der Waals surface area contributed by atoms with E-state index in [9.17, 15) is 17.6 Å². The van der Waals surface area contributed by atoms with Crippen LogP contribution in [0.25, 0.3) is 17.2 Å². The Bertz CT molecular complexity index is 1160. The van der Waals surface area contributed by atoms with Crippen molar-refractivity contribution in [2.75, 3.05) is 24.2 Å². The molecule has 1 aromatic carbocycles. The number of sulfonamides is 1. The van der Waals surface area contributed by atoms with Gasteiger partial charge in [-0.05, 0) is 50.9 Å². The van der Waals surface area contributed by atoms with E-state index >= 15 is 0 Å². The van der Waals surface area contributed by atoms with Gasteiger partial charge < -0.3 is 5.32 Å². The molecule has 2 N–H and O–H groups in total. The molecule has 0 amide bonds. The standard InChI is InChI=1S/C15H16BrFN6O5S/c1-2-19-29(25,26)7-3-6-18-13-12(20-28-21-13)14-22-27-15(24)23(14)9-4-5-11(17)10(16)8-9/h4-5,8,19H,2-3,6-7H2,1H3,(H,18,21). The molecule has 0 unspecified atom stereocenters. The van der Waals surface area contributed by atoms with Gasteiger partial charge in [-0.3, -0.25) is 4.52 Å². The Labute approximate surface area is 172 Å². The van der Waals surface area contributed by atoms with Gasteiger partial charge in [0.25, 0.3) is 0 Å². The lowest BCUT2D eigenvalue weighted by molar-refractivity contribution is 0.309. The van der Waals surface area contributed by atoms with E-state index in [4.69, 9.17) is 9.15 Å². The van der Waals surface area contributed by atoms with Gasteiger partial charge in [0, 0.05) is 13.1 Å². The highest BCUT2D eigenvalue weighted by atomic mass is 79.9. The molecule has 14 heteroatoms.